The number of benzene rings is 2. The molecule has 154 valence electrons. The summed E-state index contributed by atoms with van der Waals surface area (Å²) in [6, 6.07) is 16.4. The fourth-order valence-corrected chi connectivity index (χ4v) is 4.20. The van der Waals surface area contributed by atoms with E-state index in [1.54, 1.807) is 0 Å². The number of esters is 1. The number of nitrogens with one attached hydrogen (secondary N) is 1. The Morgan fingerprint density at radius 3 is 2.33 bits per heavy atom. The van der Waals surface area contributed by atoms with Crippen molar-refractivity contribution in [2.24, 2.45) is 0 Å². The number of fused-ring (bicyclic) bond motifs is 1. The molecule has 30 heavy (non-hydrogen) atoms. The maximum Gasteiger partial charge on any atom is 0.355 e. The molecule has 1 aliphatic rings. The Bertz CT molecular complexity index is 1070. The number of carbonyl (C=O) groups is 2. The van der Waals surface area contributed by atoms with Gasteiger partial charge in [0, 0.05) is 17.7 Å². The summed E-state index contributed by atoms with van der Waals surface area (Å²) in [5.41, 5.74) is 7.16. The lowest BCUT2D eigenvalue weighted by Gasteiger charge is -2.22. The van der Waals surface area contributed by atoms with Crippen molar-refractivity contribution in [3.8, 4) is 0 Å². The average Bonchev–Trinajstić information content (AvgIpc) is 3.10. The molecule has 4 rings (SSSR count). The number of ketones is 1. The Balaban J connectivity index is 1.52. The van der Waals surface area contributed by atoms with E-state index in [0.29, 0.717) is 23.2 Å². The van der Waals surface area contributed by atoms with Gasteiger partial charge in [0.05, 0.1) is 0 Å². The molecule has 4 heteroatoms. The topological polar surface area (TPSA) is 59.2 Å². The standard InChI is InChI=1S/C26H27NO3/c1-4-18-9-11-20(12-10-18)21-13-22-24(23(28)14-21)17(3)25(27-22)26(29)30-15-19-7-5-16(2)6-8-19/h5-12,21,27H,4,13-15H2,1-3H3/t21-/m0/s1. The van der Waals surface area contributed by atoms with Gasteiger partial charge in [0.1, 0.15) is 12.3 Å². The van der Waals surface area contributed by atoms with Gasteiger partial charge < -0.3 is 9.72 Å². The lowest BCUT2D eigenvalue weighted by molar-refractivity contribution is 0.0465. The van der Waals surface area contributed by atoms with E-state index in [4.69, 9.17) is 4.74 Å². The van der Waals surface area contributed by atoms with Gasteiger partial charge in [-0.25, -0.2) is 4.79 Å². The van der Waals surface area contributed by atoms with Crippen molar-refractivity contribution in [1.29, 1.82) is 0 Å². The van der Waals surface area contributed by atoms with E-state index in [1.165, 1.54) is 11.1 Å². The first-order chi connectivity index (χ1) is 14.5. The normalized spacial score (nSPS) is 15.7. The van der Waals surface area contributed by atoms with Crippen LogP contribution in [0.5, 0.6) is 0 Å². The summed E-state index contributed by atoms with van der Waals surface area (Å²) in [7, 11) is 0. The van der Waals surface area contributed by atoms with Gasteiger partial charge in [-0.1, -0.05) is 61.0 Å². The number of H-pyrrole nitrogens is 1. The number of hydrogen-bond donors (Lipinski definition) is 1. The molecule has 3 aromatic rings. The molecule has 1 heterocycles. The van der Waals surface area contributed by atoms with E-state index in [-0.39, 0.29) is 18.3 Å². The number of aromatic amines is 1. The van der Waals surface area contributed by atoms with Crippen molar-refractivity contribution in [2.75, 3.05) is 0 Å². The highest BCUT2D eigenvalue weighted by Gasteiger charge is 2.32. The molecule has 4 nitrogen and oxygen atoms in total. The summed E-state index contributed by atoms with van der Waals surface area (Å²) in [6.07, 6.45) is 2.19. The van der Waals surface area contributed by atoms with Crippen molar-refractivity contribution in [3.05, 3.63) is 93.3 Å². The second-order valence-electron chi connectivity index (χ2n) is 8.16. The van der Waals surface area contributed by atoms with E-state index in [0.717, 1.165) is 29.7 Å². The maximum absolute atomic E-state index is 12.9. The van der Waals surface area contributed by atoms with Gasteiger partial charge in [0.15, 0.2) is 5.78 Å². The maximum atomic E-state index is 12.9. The Hall–Kier alpha value is -3.14. The van der Waals surface area contributed by atoms with Crippen LogP contribution >= 0.6 is 0 Å². The molecule has 0 saturated heterocycles. The van der Waals surface area contributed by atoms with Crippen molar-refractivity contribution >= 4 is 11.8 Å². The van der Waals surface area contributed by atoms with Crippen LogP contribution in [0.25, 0.3) is 0 Å². The molecule has 0 fully saturated rings. The highest BCUT2D eigenvalue weighted by molar-refractivity contribution is 6.03. The molecule has 1 aliphatic carbocycles. The SMILES string of the molecule is CCc1ccc([C@@H]2CC(=O)c3c([nH]c(C(=O)OCc4ccc(C)cc4)c3C)C2)cc1. The lowest BCUT2D eigenvalue weighted by atomic mass is 9.81. The van der Waals surface area contributed by atoms with Gasteiger partial charge in [0.2, 0.25) is 0 Å². The molecule has 0 spiro atoms. The van der Waals surface area contributed by atoms with Crippen LogP contribution < -0.4 is 0 Å². The minimum Gasteiger partial charge on any atom is -0.456 e. The predicted octanol–water partition coefficient (Wildman–Crippen LogP) is 5.46. The Morgan fingerprint density at radius 2 is 1.67 bits per heavy atom. The Morgan fingerprint density at radius 1 is 1.00 bits per heavy atom. The van der Waals surface area contributed by atoms with Gasteiger partial charge >= 0.3 is 5.97 Å². The molecule has 0 aliphatic heterocycles. The van der Waals surface area contributed by atoms with Gasteiger partial charge in [-0.05, 0) is 54.9 Å². The largest absolute Gasteiger partial charge is 0.456 e. The zero-order valence-electron chi connectivity index (χ0n) is 17.7. The number of carbonyl (C=O) groups excluding carboxylic acids is 2. The monoisotopic (exact) mass is 401 g/mol. The minimum absolute atomic E-state index is 0.0900. The lowest BCUT2D eigenvalue weighted by Crippen LogP contribution is -2.18. The van der Waals surface area contributed by atoms with Crippen molar-refractivity contribution in [1.82, 2.24) is 4.98 Å². The predicted molar refractivity (Wildman–Crippen MR) is 117 cm³/mol. The van der Waals surface area contributed by atoms with E-state index >= 15 is 0 Å². The summed E-state index contributed by atoms with van der Waals surface area (Å²) in [6.45, 7) is 6.19. The van der Waals surface area contributed by atoms with Crippen molar-refractivity contribution < 1.29 is 14.3 Å². The molecule has 0 saturated carbocycles. The third kappa shape index (κ3) is 3.95. The summed E-state index contributed by atoms with van der Waals surface area (Å²) in [5.74, 6) is -0.198. The first-order valence-corrected chi connectivity index (χ1v) is 10.5. The molecule has 0 amide bonds. The van der Waals surface area contributed by atoms with Crippen LogP contribution in [-0.2, 0) is 24.2 Å². The highest BCUT2D eigenvalue weighted by Crippen LogP contribution is 2.35. The van der Waals surface area contributed by atoms with Crippen molar-refractivity contribution in [2.45, 2.75) is 52.6 Å². The fraction of sp³-hybridized carbons (Fsp3) is 0.308. The molecule has 0 unspecified atom stereocenters. The average molecular weight is 402 g/mol. The zero-order valence-corrected chi connectivity index (χ0v) is 17.7. The number of Topliss-reactive ketones (excluding diaryl/α,β-unsaturated/α-hetero) is 1. The van der Waals surface area contributed by atoms with Crippen LogP contribution in [0.4, 0.5) is 0 Å². The zero-order chi connectivity index (χ0) is 21.3. The van der Waals surface area contributed by atoms with E-state index in [9.17, 15) is 9.59 Å². The number of ether oxygens (including phenoxy) is 1. The van der Waals surface area contributed by atoms with E-state index in [2.05, 4.69) is 36.2 Å². The first kappa shape index (κ1) is 20.1. The second-order valence-corrected chi connectivity index (χ2v) is 8.16. The van der Waals surface area contributed by atoms with Gasteiger partial charge in [-0.3, -0.25) is 4.79 Å². The van der Waals surface area contributed by atoms with E-state index < -0.39 is 5.97 Å². The molecule has 1 atom stereocenters. The fourth-order valence-electron chi connectivity index (χ4n) is 4.20. The third-order valence-corrected chi connectivity index (χ3v) is 6.04. The van der Waals surface area contributed by atoms with Gasteiger partial charge in [-0.2, -0.15) is 0 Å². The van der Waals surface area contributed by atoms with Gasteiger partial charge in [-0.15, -0.1) is 0 Å². The molecule has 0 radical (unpaired) electrons. The Labute approximate surface area is 177 Å². The summed E-state index contributed by atoms with van der Waals surface area (Å²) >= 11 is 0. The summed E-state index contributed by atoms with van der Waals surface area (Å²) < 4.78 is 5.50. The van der Waals surface area contributed by atoms with Crippen LogP contribution in [-0.4, -0.2) is 16.7 Å². The van der Waals surface area contributed by atoms with Crippen LogP contribution in [0.1, 0.15) is 73.6 Å². The van der Waals surface area contributed by atoms with E-state index in [1.807, 2.05) is 38.1 Å². The minimum atomic E-state index is -0.417. The molecular formula is C26H27NO3. The number of hydrogen-bond acceptors (Lipinski definition) is 3. The van der Waals surface area contributed by atoms with Crippen LogP contribution in [0.15, 0.2) is 48.5 Å². The molecule has 0 bridgehead atoms. The molecule has 1 N–H and O–H groups in total. The molecule has 2 aromatic carbocycles. The smallest absolute Gasteiger partial charge is 0.355 e. The summed E-state index contributed by atoms with van der Waals surface area (Å²) in [5, 5.41) is 0. The van der Waals surface area contributed by atoms with Crippen LogP contribution in [0, 0.1) is 13.8 Å². The highest BCUT2D eigenvalue weighted by atomic mass is 16.5. The molecule has 1 aromatic heterocycles. The number of rotatable bonds is 5. The summed E-state index contributed by atoms with van der Waals surface area (Å²) in [4.78, 5) is 28.8. The molecular weight excluding hydrogens is 374 g/mol. The first-order valence-electron chi connectivity index (χ1n) is 10.5. The van der Waals surface area contributed by atoms with Crippen LogP contribution in [0.3, 0.4) is 0 Å². The number of aryl methyl sites for hydroxylation is 2. The van der Waals surface area contributed by atoms with Crippen molar-refractivity contribution in [3.63, 3.8) is 0 Å². The van der Waals surface area contributed by atoms with Crippen LogP contribution in [0.2, 0.25) is 0 Å². The van der Waals surface area contributed by atoms with Gasteiger partial charge in [0.25, 0.3) is 0 Å². The third-order valence-electron chi connectivity index (χ3n) is 6.04. The second kappa shape index (κ2) is 8.31. The Kier molecular flexibility index (Phi) is 5.58. The number of aromatic nitrogens is 1. The quantitative estimate of drug-likeness (QED) is 0.577.